The molecule has 1 aromatic heterocycles. The molecule has 0 aliphatic carbocycles. The summed E-state index contributed by atoms with van der Waals surface area (Å²) in [5.74, 6) is -0.137. The highest BCUT2D eigenvalue weighted by molar-refractivity contribution is 5.92. The average Bonchev–Trinajstić information content (AvgIpc) is 3.31. The Morgan fingerprint density at radius 2 is 2.08 bits per heavy atom. The lowest BCUT2D eigenvalue weighted by molar-refractivity contribution is 0.0698. The Hall–Kier alpha value is -2.38. The molecule has 7 heteroatoms. The summed E-state index contributed by atoms with van der Waals surface area (Å²) in [6.45, 7) is 1.47. The fourth-order valence-electron chi connectivity index (χ4n) is 3.89. The predicted molar refractivity (Wildman–Crippen MR) is 90.2 cm³/mol. The Bertz CT molecular complexity index is 739. The maximum absolute atomic E-state index is 13.2. The Balaban J connectivity index is 1.57. The molecule has 0 radical (unpaired) electrons. The minimum Gasteiger partial charge on any atom is -0.333 e. The van der Waals surface area contributed by atoms with Crippen LogP contribution in [0.2, 0.25) is 0 Å². The van der Waals surface area contributed by atoms with Crippen molar-refractivity contribution in [2.75, 3.05) is 13.1 Å². The number of hydrogen-bond acceptors (Lipinski definition) is 5. The fraction of sp³-hybridized carbons (Fsp3) is 0.389. The van der Waals surface area contributed by atoms with E-state index in [0.717, 1.165) is 24.9 Å². The molecule has 2 fully saturated rings. The summed E-state index contributed by atoms with van der Waals surface area (Å²) in [4.78, 5) is 22.9. The zero-order chi connectivity index (χ0) is 17.2. The van der Waals surface area contributed by atoms with Gasteiger partial charge in [-0.1, -0.05) is 12.1 Å². The quantitative estimate of drug-likeness (QED) is 0.885. The van der Waals surface area contributed by atoms with Crippen molar-refractivity contribution in [2.24, 2.45) is 0 Å². The second kappa shape index (κ2) is 6.85. The lowest BCUT2D eigenvalue weighted by Crippen LogP contribution is -2.50. The first-order valence-corrected chi connectivity index (χ1v) is 8.55. The van der Waals surface area contributed by atoms with Gasteiger partial charge in [0.05, 0.1) is 6.20 Å². The molecule has 3 atom stereocenters. The molecule has 25 heavy (non-hydrogen) atoms. The average molecular weight is 341 g/mol. The van der Waals surface area contributed by atoms with Crippen molar-refractivity contribution in [2.45, 2.75) is 30.8 Å². The Morgan fingerprint density at radius 1 is 1.24 bits per heavy atom. The van der Waals surface area contributed by atoms with Crippen molar-refractivity contribution >= 4 is 5.91 Å². The summed E-state index contributed by atoms with van der Waals surface area (Å²) in [5, 5.41) is 0. The fourth-order valence-corrected chi connectivity index (χ4v) is 3.89. The van der Waals surface area contributed by atoms with Gasteiger partial charge < -0.3 is 4.90 Å². The van der Waals surface area contributed by atoms with Gasteiger partial charge in [0.1, 0.15) is 11.5 Å². The summed E-state index contributed by atoms with van der Waals surface area (Å²) >= 11 is 0. The van der Waals surface area contributed by atoms with Crippen LogP contribution in [0.5, 0.6) is 0 Å². The van der Waals surface area contributed by atoms with Gasteiger partial charge in [-0.2, -0.15) is 0 Å². The minimum absolute atomic E-state index is 0.0690. The summed E-state index contributed by atoms with van der Waals surface area (Å²) in [7, 11) is 0. The molecule has 1 amide bonds. The molecule has 0 spiro atoms. The largest absolute Gasteiger partial charge is 0.333 e. The van der Waals surface area contributed by atoms with E-state index in [4.69, 9.17) is 0 Å². The van der Waals surface area contributed by atoms with Crippen LogP contribution in [0.15, 0.2) is 42.9 Å². The number of rotatable bonds is 3. The molecule has 4 rings (SSSR count). The van der Waals surface area contributed by atoms with Crippen molar-refractivity contribution in [3.63, 3.8) is 0 Å². The molecule has 1 aromatic carbocycles. The standard InChI is InChI=1S/C18H20FN5O/c19-13-5-3-12(4-6-13)14-10-22-23-17(14)16-2-1-9-24(16)18(25)15-11-20-7-8-21-15/h3-8,11,14,16-17,22-23H,1-2,9-10H2. The number of carbonyl (C=O) groups is 1. The second-order valence-corrected chi connectivity index (χ2v) is 6.51. The van der Waals surface area contributed by atoms with Crippen LogP contribution in [0.1, 0.15) is 34.8 Å². The van der Waals surface area contributed by atoms with E-state index in [1.54, 1.807) is 6.20 Å². The summed E-state index contributed by atoms with van der Waals surface area (Å²) in [6.07, 6.45) is 6.50. The maximum atomic E-state index is 13.2. The highest BCUT2D eigenvalue weighted by Crippen LogP contribution is 2.32. The molecule has 130 valence electrons. The number of benzene rings is 1. The third-order valence-electron chi connectivity index (χ3n) is 5.08. The molecule has 6 nitrogen and oxygen atoms in total. The van der Waals surface area contributed by atoms with E-state index in [-0.39, 0.29) is 29.7 Å². The summed E-state index contributed by atoms with van der Waals surface area (Å²) in [6, 6.07) is 6.77. The van der Waals surface area contributed by atoms with Crippen molar-refractivity contribution in [3.8, 4) is 0 Å². The van der Waals surface area contributed by atoms with Gasteiger partial charge in [0.15, 0.2) is 0 Å². The van der Waals surface area contributed by atoms with E-state index < -0.39 is 0 Å². The van der Waals surface area contributed by atoms with Crippen LogP contribution in [-0.4, -0.2) is 45.9 Å². The SMILES string of the molecule is O=C(c1cnccn1)N1CCCC1C1NNCC1c1ccc(F)cc1. The first-order valence-electron chi connectivity index (χ1n) is 8.55. The number of nitrogens with one attached hydrogen (secondary N) is 2. The van der Waals surface area contributed by atoms with E-state index in [0.29, 0.717) is 12.2 Å². The Morgan fingerprint density at radius 3 is 2.84 bits per heavy atom. The third-order valence-corrected chi connectivity index (χ3v) is 5.08. The van der Waals surface area contributed by atoms with E-state index >= 15 is 0 Å². The molecule has 2 aliphatic rings. The van der Waals surface area contributed by atoms with Gasteiger partial charge in [0, 0.05) is 43.5 Å². The normalized spacial score (nSPS) is 26.1. The monoisotopic (exact) mass is 341 g/mol. The number of hydrogen-bond donors (Lipinski definition) is 2. The molecular weight excluding hydrogens is 321 g/mol. The van der Waals surface area contributed by atoms with Crippen LogP contribution < -0.4 is 10.9 Å². The molecule has 2 aromatic rings. The third kappa shape index (κ3) is 3.12. The number of carbonyl (C=O) groups excluding carboxylic acids is 1. The van der Waals surface area contributed by atoms with Crippen LogP contribution in [0.3, 0.4) is 0 Å². The predicted octanol–water partition coefficient (Wildman–Crippen LogP) is 1.48. The smallest absolute Gasteiger partial charge is 0.274 e. The molecular formula is C18H20FN5O. The van der Waals surface area contributed by atoms with Crippen LogP contribution in [0.25, 0.3) is 0 Å². The van der Waals surface area contributed by atoms with Gasteiger partial charge in [-0.05, 0) is 30.5 Å². The molecule has 2 saturated heterocycles. The topological polar surface area (TPSA) is 70.2 Å². The van der Waals surface area contributed by atoms with Crippen molar-refractivity contribution in [1.82, 2.24) is 25.7 Å². The number of hydrazine groups is 1. The highest BCUT2D eigenvalue weighted by atomic mass is 19.1. The molecule has 0 saturated carbocycles. The number of halogens is 1. The van der Waals surface area contributed by atoms with Gasteiger partial charge in [0.25, 0.3) is 5.91 Å². The van der Waals surface area contributed by atoms with Crippen LogP contribution in [-0.2, 0) is 0 Å². The van der Waals surface area contributed by atoms with Crippen LogP contribution in [0.4, 0.5) is 4.39 Å². The van der Waals surface area contributed by atoms with E-state index in [2.05, 4.69) is 20.8 Å². The highest BCUT2D eigenvalue weighted by Gasteiger charge is 2.41. The molecule has 3 heterocycles. The maximum Gasteiger partial charge on any atom is 0.274 e. The van der Waals surface area contributed by atoms with Gasteiger partial charge in [0.2, 0.25) is 0 Å². The Labute approximate surface area is 145 Å². The summed E-state index contributed by atoms with van der Waals surface area (Å²) < 4.78 is 13.2. The zero-order valence-corrected chi connectivity index (χ0v) is 13.7. The molecule has 2 N–H and O–H groups in total. The number of nitrogens with zero attached hydrogens (tertiary/aromatic N) is 3. The van der Waals surface area contributed by atoms with Gasteiger partial charge >= 0.3 is 0 Å². The lowest BCUT2D eigenvalue weighted by Gasteiger charge is -2.32. The first kappa shape index (κ1) is 16.1. The van der Waals surface area contributed by atoms with Crippen molar-refractivity contribution < 1.29 is 9.18 Å². The number of likely N-dealkylation sites (tertiary alicyclic amines) is 1. The van der Waals surface area contributed by atoms with Gasteiger partial charge in [-0.15, -0.1) is 0 Å². The minimum atomic E-state index is -0.237. The second-order valence-electron chi connectivity index (χ2n) is 6.51. The Kier molecular flexibility index (Phi) is 4.42. The summed E-state index contributed by atoms with van der Waals surface area (Å²) in [5.41, 5.74) is 7.97. The molecule has 2 aliphatic heterocycles. The zero-order valence-electron chi connectivity index (χ0n) is 13.7. The van der Waals surface area contributed by atoms with Crippen molar-refractivity contribution in [1.29, 1.82) is 0 Å². The number of amides is 1. The van der Waals surface area contributed by atoms with Crippen LogP contribution in [0, 0.1) is 5.82 Å². The van der Waals surface area contributed by atoms with Gasteiger partial charge in [-0.3, -0.25) is 20.6 Å². The van der Waals surface area contributed by atoms with Crippen molar-refractivity contribution in [3.05, 3.63) is 59.9 Å². The molecule has 3 unspecified atom stereocenters. The molecule has 0 bridgehead atoms. The van der Waals surface area contributed by atoms with E-state index in [1.807, 2.05) is 17.0 Å². The lowest BCUT2D eigenvalue weighted by atomic mass is 9.87. The number of aromatic nitrogens is 2. The van der Waals surface area contributed by atoms with Gasteiger partial charge in [-0.25, -0.2) is 9.37 Å². The first-order chi connectivity index (χ1) is 12.2. The van der Waals surface area contributed by atoms with E-state index in [1.165, 1.54) is 24.5 Å². The van der Waals surface area contributed by atoms with E-state index in [9.17, 15) is 9.18 Å². The van der Waals surface area contributed by atoms with Crippen LogP contribution >= 0.6 is 0 Å².